The molecule has 9 heteroatoms. The third-order valence-electron chi connectivity index (χ3n) is 10.2. The summed E-state index contributed by atoms with van der Waals surface area (Å²) < 4.78 is 25.8. The monoisotopic (exact) mass is 739 g/mol. The molecule has 0 saturated carbocycles. The molecule has 2 fully saturated rings. The fourth-order valence-electron chi connectivity index (χ4n) is 7.68. The van der Waals surface area contributed by atoms with Gasteiger partial charge in [0, 0.05) is 19.3 Å². The van der Waals surface area contributed by atoms with Crippen LogP contribution in [0.15, 0.2) is 0 Å². The maximum atomic E-state index is 12.5. The summed E-state index contributed by atoms with van der Waals surface area (Å²) in [6.45, 7) is 17.6. The van der Waals surface area contributed by atoms with E-state index in [1.165, 1.54) is 71.1 Å². The highest BCUT2D eigenvalue weighted by Crippen LogP contribution is 2.33. The first-order valence-electron chi connectivity index (χ1n) is 20.9. The summed E-state index contributed by atoms with van der Waals surface area (Å²) in [5.41, 5.74) is 0. The van der Waals surface area contributed by atoms with Gasteiger partial charge in [-0.2, -0.15) is 0 Å². The molecule has 292 valence electrons. The van der Waals surface area contributed by atoms with Crippen LogP contribution in [0.4, 0.5) is 0 Å². The van der Waals surface area contributed by atoms with Crippen molar-refractivity contribution in [2.24, 2.45) is 5.92 Å². The van der Waals surface area contributed by atoms with Gasteiger partial charge >= 0.3 is 5.97 Å². The molecule has 2 rings (SSSR count). The zero-order valence-corrected chi connectivity index (χ0v) is 35.8. The van der Waals surface area contributed by atoms with Crippen molar-refractivity contribution in [3.63, 3.8) is 0 Å². The van der Waals surface area contributed by atoms with Crippen LogP contribution >= 0.6 is 0 Å². The Hall–Kier alpha value is -0.876. The van der Waals surface area contributed by atoms with E-state index in [0.29, 0.717) is 25.7 Å². The maximum absolute atomic E-state index is 12.5. The topological polar surface area (TPSA) is 88.1 Å². The number of cyclic esters (lactones) is 1. The number of rotatable bonds is 30. The summed E-state index contributed by atoms with van der Waals surface area (Å²) in [6.07, 6.45) is 26.1. The standard InChI is InChI=1S/C41H78O7Si2/c1-9-10-11-12-13-14-15-16-19-22-25-39(47-49(3,4)5)37-29-30-38(46-37)40(48-50(6,7)8)26-23-20-17-18-21-24-35(43)27-28-36-32-34(31-33(2)42)41(44)45-36/h34,36-40H,9-32H2,1-8H3/t34?,36?,37-,38-,39-,40-/m0/s1. The smallest absolute Gasteiger partial charge is 0.309 e. The molecule has 0 N–H and O–H groups in total. The fraction of sp³-hybridized carbons (Fsp3) is 0.927. The van der Waals surface area contributed by atoms with E-state index in [1.54, 1.807) is 0 Å². The van der Waals surface area contributed by atoms with Crippen molar-refractivity contribution < 1.29 is 32.7 Å². The Morgan fingerprint density at radius 3 is 1.62 bits per heavy atom. The van der Waals surface area contributed by atoms with Crippen LogP contribution < -0.4 is 0 Å². The van der Waals surface area contributed by atoms with E-state index in [2.05, 4.69) is 46.2 Å². The van der Waals surface area contributed by atoms with Gasteiger partial charge in [0.25, 0.3) is 0 Å². The molecule has 0 aliphatic carbocycles. The molecule has 50 heavy (non-hydrogen) atoms. The molecule has 0 aromatic carbocycles. The number of unbranched alkanes of at least 4 members (excludes halogenated alkanes) is 13. The van der Waals surface area contributed by atoms with E-state index in [9.17, 15) is 14.4 Å². The van der Waals surface area contributed by atoms with Gasteiger partial charge < -0.3 is 23.1 Å². The van der Waals surface area contributed by atoms with E-state index >= 15 is 0 Å². The molecule has 2 saturated heterocycles. The SMILES string of the molecule is CCCCCCCCCCCC[C@H](O[Si](C)(C)C)[C@@H]1CC[C@@H]([C@H](CCCCCCCC(=O)CCC2CC(CC(C)=O)C(=O)O2)O[Si](C)(C)C)O1. The highest BCUT2D eigenvalue weighted by molar-refractivity contribution is 6.70. The highest BCUT2D eigenvalue weighted by Gasteiger charge is 2.39. The van der Waals surface area contributed by atoms with E-state index in [4.69, 9.17) is 18.3 Å². The highest BCUT2D eigenvalue weighted by atomic mass is 28.4. The van der Waals surface area contributed by atoms with Gasteiger partial charge in [-0.1, -0.05) is 96.8 Å². The lowest BCUT2D eigenvalue weighted by molar-refractivity contribution is -0.145. The second-order valence-electron chi connectivity index (χ2n) is 17.6. The van der Waals surface area contributed by atoms with Gasteiger partial charge in [-0.3, -0.25) is 9.59 Å². The summed E-state index contributed by atoms with van der Waals surface area (Å²) >= 11 is 0. The van der Waals surface area contributed by atoms with Crippen molar-refractivity contribution in [3.8, 4) is 0 Å². The Labute approximate surface area is 309 Å². The minimum Gasteiger partial charge on any atom is -0.462 e. The molecule has 0 spiro atoms. The van der Waals surface area contributed by atoms with Gasteiger partial charge in [-0.25, -0.2) is 0 Å². The average molecular weight is 739 g/mol. The van der Waals surface area contributed by atoms with Gasteiger partial charge in [-0.15, -0.1) is 0 Å². The quantitative estimate of drug-likeness (QED) is 0.0412. The molecular formula is C41H78O7Si2. The molecule has 2 aliphatic rings. The molecular weight excluding hydrogens is 661 g/mol. The number of carbonyl (C=O) groups is 3. The zero-order chi connectivity index (χ0) is 37.0. The molecule has 2 heterocycles. The molecule has 0 aromatic heterocycles. The predicted octanol–water partition coefficient (Wildman–Crippen LogP) is 11.3. The van der Waals surface area contributed by atoms with Crippen LogP contribution in [-0.2, 0) is 32.7 Å². The lowest BCUT2D eigenvalue weighted by Crippen LogP contribution is -2.42. The van der Waals surface area contributed by atoms with Crippen LogP contribution in [-0.4, -0.2) is 64.7 Å². The Morgan fingerprint density at radius 1 is 0.700 bits per heavy atom. The van der Waals surface area contributed by atoms with Crippen LogP contribution in [0.25, 0.3) is 0 Å². The van der Waals surface area contributed by atoms with Gasteiger partial charge in [0.05, 0.1) is 30.3 Å². The first-order valence-corrected chi connectivity index (χ1v) is 27.7. The predicted molar refractivity (Wildman–Crippen MR) is 211 cm³/mol. The van der Waals surface area contributed by atoms with Crippen LogP contribution in [0.3, 0.4) is 0 Å². The van der Waals surface area contributed by atoms with Gasteiger partial charge in [-0.05, 0) is 91.2 Å². The first-order chi connectivity index (χ1) is 23.7. The minimum absolute atomic E-state index is 0.00870. The number of ether oxygens (including phenoxy) is 2. The van der Waals surface area contributed by atoms with Crippen molar-refractivity contribution in [2.45, 2.75) is 238 Å². The molecule has 2 unspecified atom stereocenters. The van der Waals surface area contributed by atoms with Crippen LogP contribution in [0, 0.1) is 5.92 Å². The second-order valence-corrected chi connectivity index (χ2v) is 26.5. The van der Waals surface area contributed by atoms with Gasteiger partial charge in [0.1, 0.15) is 17.7 Å². The van der Waals surface area contributed by atoms with Crippen molar-refractivity contribution >= 4 is 34.2 Å². The normalized spacial score (nSPS) is 22.5. The van der Waals surface area contributed by atoms with Crippen molar-refractivity contribution in [1.82, 2.24) is 0 Å². The van der Waals surface area contributed by atoms with E-state index < -0.39 is 16.6 Å². The Morgan fingerprint density at radius 2 is 1.16 bits per heavy atom. The Balaban J connectivity index is 1.69. The Bertz CT molecular complexity index is 960. The van der Waals surface area contributed by atoms with Gasteiger partial charge in [0.2, 0.25) is 0 Å². The second kappa shape index (κ2) is 24.4. The van der Waals surface area contributed by atoms with Crippen LogP contribution in [0.5, 0.6) is 0 Å². The molecule has 0 bridgehead atoms. The average Bonchev–Trinajstić information content (AvgIpc) is 3.64. The number of hydrogen-bond donors (Lipinski definition) is 0. The largest absolute Gasteiger partial charge is 0.462 e. The third-order valence-corrected chi connectivity index (χ3v) is 12.2. The lowest BCUT2D eigenvalue weighted by Gasteiger charge is -2.33. The van der Waals surface area contributed by atoms with E-state index in [-0.39, 0.29) is 60.4 Å². The van der Waals surface area contributed by atoms with Crippen molar-refractivity contribution in [2.75, 3.05) is 0 Å². The Kier molecular flexibility index (Phi) is 22.1. The molecule has 7 nitrogen and oxygen atoms in total. The summed E-state index contributed by atoms with van der Waals surface area (Å²) in [7, 11) is -3.43. The van der Waals surface area contributed by atoms with Crippen LogP contribution in [0.1, 0.15) is 168 Å². The number of ketones is 2. The third kappa shape index (κ3) is 21.0. The minimum atomic E-state index is -1.73. The van der Waals surface area contributed by atoms with E-state index in [1.807, 2.05) is 0 Å². The summed E-state index contributed by atoms with van der Waals surface area (Å²) in [5.74, 6) is -0.356. The first kappa shape index (κ1) is 45.3. The lowest BCUT2D eigenvalue weighted by atomic mass is 9.96. The van der Waals surface area contributed by atoms with Gasteiger partial charge in [0.15, 0.2) is 16.6 Å². The number of carbonyl (C=O) groups excluding carboxylic acids is 3. The zero-order valence-electron chi connectivity index (χ0n) is 33.8. The number of Topliss-reactive ketones (excluding diaryl/α,β-unsaturated/α-hetero) is 2. The van der Waals surface area contributed by atoms with Crippen LogP contribution in [0.2, 0.25) is 39.3 Å². The van der Waals surface area contributed by atoms with E-state index in [0.717, 1.165) is 57.8 Å². The van der Waals surface area contributed by atoms with Crippen molar-refractivity contribution in [3.05, 3.63) is 0 Å². The number of esters is 1. The summed E-state index contributed by atoms with van der Waals surface area (Å²) in [6, 6.07) is 0. The van der Waals surface area contributed by atoms with Crippen molar-refractivity contribution in [1.29, 1.82) is 0 Å². The molecule has 6 atom stereocenters. The summed E-state index contributed by atoms with van der Waals surface area (Å²) in [4.78, 5) is 35.8. The molecule has 0 amide bonds. The molecule has 0 radical (unpaired) electrons. The summed E-state index contributed by atoms with van der Waals surface area (Å²) in [5, 5.41) is 0. The number of hydrogen-bond acceptors (Lipinski definition) is 7. The fourth-order valence-corrected chi connectivity index (χ4v) is 10.0. The molecule has 0 aromatic rings. The maximum Gasteiger partial charge on any atom is 0.309 e. The molecule has 2 aliphatic heterocycles.